The Morgan fingerprint density at radius 1 is 1.17 bits per heavy atom. The van der Waals surface area contributed by atoms with Gasteiger partial charge in [-0.3, -0.25) is 10.4 Å². The molecule has 0 fully saturated rings. The summed E-state index contributed by atoms with van der Waals surface area (Å²) in [5.74, 6) is 0.497. The Labute approximate surface area is 137 Å². The molecule has 0 bridgehead atoms. The van der Waals surface area contributed by atoms with Gasteiger partial charge in [-0.2, -0.15) is 0 Å². The van der Waals surface area contributed by atoms with Gasteiger partial charge in [-0.15, -0.1) is 11.3 Å². The van der Waals surface area contributed by atoms with Crippen molar-refractivity contribution >= 4 is 33.0 Å². The zero-order chi connectivity index (χ0) is 15.8. The first-order chi connectivity index (χ1) is 11.2. The second-order valence-electron chi connectivity index (χ2n) is 5.33. The van der Waals surface area contributed by atoms with Crippen LogP contribution in [0.15, 0.2) is 54.4 Å². The molecule has 2 aromatic heterocycles. The zero-order valence-electron chi connectivity index (χ0n) is 12.2. The van der Waals surface area contributed by atoms with Gasteiger partial charge in [0, 0.05) is 6.20 Å². The summed E-state index contributed by atoms with van der Waals surface area (Å²) in [6.07, 6.45) is 1.73. The molecule has 1 aromatic carbocycles. The predicted molar refractivity (Wildman–Crippen MR) is 91.5 cm³/mol. The van der Waals surface area contributed by atoms with E-state index in [2.05, 4.69) is 9.97 Å². The van der Waals surface area contributed by atoms with Gasteiger partial charge < -0.3 is 10.0 Å². The molecule has 114 valence electrons. The fourth-order valence-corrected chi connectivity index (χ4v) is 3.69. The highest BCUT2D eigenvalue weighted by Crippen LogP contribution is 2.33. The van der Waals surface area contributed by atoms with Crippen molar-refractivity contribution in [1.82, 2.24) is 14.9 Å². The molecule has 3 aromatic rings. The fourth-order valence-electron chi connectivity index (χ4n) is 2.66. The molecule has 0 spiro atoms. The average Bonchev–Trinajstić information content (AvgIpc) is 3.09. The summed E-state index contributed by atoms with van der Waals surface area (Å²) in [4.78, 5) is 10.6. The van der Waals surface area contributed by atoms with Crippen LogP contribution < -0.4 is 0 Å². The van der Waals surface area contributed by atoms with Gasteiger partial charge in [-0.1, -0.05) is 18.2 Å². The number of aromatic nitrogens is 2. The average molecular weight is 322 g/mol. The largest absolute Gasteiger partial charge is 0.510 e. The summed E-state index contributed by atoms with van der Waals surface area (Å²) in [5, 5.41) is 19.4. The van der Waals surface area contributed by atoms with Gasteiger partial charge in [0.1, 0.15) is 16.6 Å². The number of nitrogens with zero attached hydrogens (tertiary/aromatic N) is 3. The normalized spacial score (nSPS) is 15.0. The Bertz CT molecular complexity index is 884. The van der Waals surface area contributed by atoms with E-state index in [0.29, 0.717) is 29.5 Å². The van der Waals surface area contributed by atoms with E-state index in [9.17, 15) is 5.11 Å². The monoisotopic (exact) mass is 322 g/mol. The Hall–Kier alpha value is -2.73. The second kappa shape index (κ2) is 5.48. The van der Waals surface area contributed by atoms with Crippen molar-refractivity contribution in [2.75, 3.05) is 6.54 Å². The van der Waals surface area contributed by atoms with Crippen molar-refractivity contribution in [2.24, 2.45) is 0 Å². The minimum Gasteiger partial charge on any atom is -0.510 e. The van der Waals surface area contributed by atoms with Crippen molar-refractivity contribution in [2.45, 2.75) is 6.54 Å². The van der Waals surface area contributed by atoms with Gasteiger partial charge in [0.15, 0.2) is 0 Å². The summed E-state index contributed by atoms with van der Waals surface area (Å²) in [7, 11) is 0. The van der Waals surface area contributed by atoms with E-state index < -0.39 is 0 Å². The number of aliphatic hydroxyl groups excluding tert-OH is 1. The maximum absolute atomic E-state index is 10.3. The standard InChI is InChI=1S/C17H14N4OS/c18-16-15(17-20-12-6-1-2-7-14(12)23-17)13(22)10-21(16)9-11-5-3-4-8-19-11/h1-8,18,22H,9-10H2. The van der Waals surface area contributed by atoms with Gasteiger partial charge in [-0.05, 0) is 24.3 Å². The molecule has 0 amide bonds. The highest BCUT2D eigenvalue weighted by Gasteiger charge is 2.30. The number of hydrogen-bond donors (Lipinski definition) is 2. The van der Waals surface area contributed by atoms with Crippen LogP contribution in [0.3, 0.4) is 0 Å². The molecule has 1 aliphatic heterocycles. The first kappa shape index (κ1) is 13.9. The van der Waals surface area contributed by atoms with Gasteiger partial charge in [0.05, 0.1) is 34.6 Å². The third-order valence-electron chi connectivity index (χ3n) is 3.77. The van der Waals surface area contributed by atoms with Gasteiger partial charge in [0.25, 0.3) is 0 Å². The highest BCUT2D eigenvalue weighted by atomic mass is 32.1. The first-order valence-corrected chi connectivity index (χ1v) is 8.06. The third kappa shape index (κ3) is 2.47. The van der Waals surface area contributed by atoms with Crippen LogP contribution in [-0.2, 0) is 6.54 Å². The number of benzene rings is 1. The summed E-state index contributed by atoms with van der Waals surface area (Å²) >= 11 is 1.50. The first-order valence-electron chi connectivity index (χ1n) is 7.24. The number of rotatable bonds is 3. The summed E-state index contributed by atoms with van der Waals surface area (Å²) in [5.41, 5.74) is 2.29. The Morgan fingerprint density at radius 3 is 2.78 bits per heavy atom. The molecule has 23 heavy (non-hydrogen) atoms. The number of nitrogens with one attached hydrogen (secondary N) is 1. The second-order valence-corrected chi connectivity index (χ2v) is 6.36. The molecule has 0 radical (unpaired) electrons. The van der Waals surface area contributed by atoms with E-state index in [-0.39, 0.29) is 5.76 Å². The Morgan fingerprint density at radius 2 is 2.00 bits per heavy atom. The van der Waals surface area contributed by atoms with Crippen LogP contribution in [-0.4, -0.2) is 32.4 Å². The highest BCUT2D eigenvalue weighted by molar-refractivity contribution is 7.19. The molecular weight excluding hydrogens is 308 g/mol. The van der Waals surface area contributed by atoms with E-state index in [1.54, 1.807) is 11.1 Å². The molecule has 1 aliphatic rings. The molecule has 0 saturated heterocycles. The van der Waals surface area contributed by atoms with Gasteiger partial charge >= 0.3 is 0 Å². The van der Waals surface area contributed by atoms with Crippen LogP contribution in [0.1, 0.15) is 10.7 Å². The van der Waals surface area contributed by atoms with Crippen molar-refractivity contribution in [1.29, 1.82) is 5.41 Å². The number of pyridine rings is 1. The lowest BCUT2D eigenvalue weighted by atomic mass is 10.2. The van der Waals surface area contributed by atoms with Gasteiger partial charge in [0.2, 0.25) is 0 Å². The van der Waals surface area contributed by atoms with Crippen molar-refractivity contribution in [3.63, 3.8) is 0 Å². The lowest BCUT2D eigenvalue weighted by Gasteiger charge is -2.17. The third-order valence-corrected chi connectivity index (χ3v) is 4.82. The van der Waals surface area contributed by atoms with Crippen LogP contribution in [0.2, 0.25) is 0 Å². The van der Waals surface area contributed by atoms with E-state index in [1.807, 2.05) is 42.5 Å². The lowest BCUT2D eigenvalue weighted by molar-refractivity contribution is 0.345. The minimum atomic E-state index is 0.199. The number of aliphatic hydroxyl groups is 1. The molecule has 4 rings (SSSR count). The van der Waals surface area contributed by atoms with Gasteiger partial charge in [-0.25, -0.2) is 4.98 Å². The number of hydrogen-bond acceptors (Lipinski definition) is 5. The lowest BCUT2D eigenvalue weighted by Crippen LogP contribution is -2.26. The molecular formula is C17H14N4OS. The van der Waals surface area contributed by atoms with E-state index in [4.69, 9.17) is 5.41 Å². The molecule has 2 N–H and O–H groups in total. The molecule has 5 nitrogen and oxygen atoms in total. The number of fused-ring (bicyclic) bond motifs is 1. The van der Waals surface area contributed by atoms with Crippen LogP contribution in [0.5, 0.6) is 0 Å². The molecule has 0 saturated carbocycles. The van der Waals surface area contributed by atoms with E-state index in [1.165, 1.54) is 11.3 Å². The summed E-state index contributed by atoms with van der Waals surface area (Å²) < 4.78 is 1.05. The fraction of sp³-hybridized carbons (Fsp3) is 0.118. The molecule has 0 atom stereocenters. The van der Waals surface area contributed by atoms with Crippen LogP contribution in [0.25, 0.3) is 15.8 Å². The van der Waals surface area contributed by atoms with E-state index >= 15 is 0 Å². The van der Waals surface area contributed by atoms with Crippen molar-refractivity contribution < 1.29 is 5.11 Å². The minimum absolute atomic E-state index is 0.199. The summed E-state index contributed by atoms with van der Waals surface area (Å²) in [6, 6.07) is 13.5. The van der Waals surface area contributed by atoms with E-state index in [0.717, 1.165) is 15.9 Å². The van der Waals surface area contributed by atoms with Crippen molar-refractivity contribution in [3.8, 4) is 0 Å². The van der Waals surface area contributed by atoms with Crippen LogP contribution >= 0.6 is 11.3 Å². The molecule has 0 unspecified atom stereocenters. The van der Waals surface area contributed by atoms with Crippen LogP contribution in [0.4, 0.5) is 0 Å². The SMILES string of the molecule is N=C1C(c2nc3ccccc3s2)=C(O)CN1Cc1ccccn1. The summed E-state index contributed by atoms with van der Waals surface area (Å²) in [6.45, 7) is 0.818. The number of thiazole rings is 1. The number of amidine groups is 1. The number of para-hydroxylation sites is 1. The maximum atomic E-state index is 10.3. The maximum Gasteiger partial charge on any atom is 0.135 e. The van der Waals surface area contributed by atoms with Crippen LogP contribution in [0, 0.1) is 5.41 Å². The Balaban J connectivity index is 1.64. The molecule has 3 heterocycles. The predicted octanol–water partition coefficient (Wildman–Crippen LogP) is 3.45. The molecule has 6 heteroatoms. The zero-order valence-corrected chi connectivity index (χ0v) is 13.0. The topological polar surface area (TPSA) is 73.1 Å². The smallest absolute Gasteiger partial charge is 0.135 e. The molecule has 0 aliphatic carbocycles. The Kier molecular flexibility index (Phi) is 3.31. The quantitative estimate of drug-likeness (QED) is 0.774. The van der Waals surface area contributed by atoms with Crippen molar-refractivity contribution in [3.05, 3.63) is 65.1 Å².